The molecule has 226 valence electrons. The lowest BCUT2D eigenvalue weighted by molar-refractivity contribution is 0.0965. The van der Waals surface area contributed by atoms with Crippen molar-refractivity contribution in [2.75, 3.05) is 18.0 Å². The van der Waals surface area contributed by atoms with Gasteiger partial charge in [-0.05, 0) is 98.5 Å². The van der Waals surface area contributed by atoms with Crippen LogP contribution in [0, 0.1) is 19.7 Å². The number of thiophene rings is 1. The number of pyridine rings is 2. The summed E-state index contributed by atoms with van der Waals surface area (Å²) in [6.45, 7) is 5.15. The third-order valence-corrected chi connectivity index (χ3v) is 9.36. The van der Waals surface area contributed by atoms with Crippen LogP contribution in [0.1, 0.15) is 44.7 Å². The minimum atomic E-state index is -0.676. The fourth-order valence-electron chi connectivity index (χ4n) is 6.14. The van der Waals surface area contributed by atoms with Crippen LogP contribution in [0.2, 0.25) is 0 Å². The Kier molecular flexibility index (Phi) is 7.30. The van der Waals surface area contributed by atoms with Crippen molar-refractivity contribution < 1.29 is 14.0 Å². The van der Waals surface area contributed by atoms with Gasteiger partial charge in [-0.1, -0.05) is 5.21 Å². The van der Waals surface area contributed by atoms with E-state index < -0.39 is 17.6 Å². The average molecular weight is 621 g/mol. The molecule has 0 saturated carbocycles. The van der Waals surface area contributed by atoms with E-state index in [2.05, 4.69) is 20.6 Å². The predicted molar refractivity (Wildman–Crippen MR) is 172 cm³/mol. The first-order valence-electron chi connectivity index (χ1n) is 14.6. The number of carbonyl (C=O) groups excluding carboxylic acids is 2. The van der Waals surface area contributed by atoms with Gasteiger partial charge in [0, 0.05) is 45.5 Å². The molecule has 10 nitrogen and oxygen atoms in total. The quantitative estimate of drug-likeness (QED) is 0.257. The molecule has 6 aromatic rings. The number of nitrogens with zero attached hydrogens (tertiary/aromatic N) is 6. The Hall–Kier alpha value is -5.07. The molecule has 0 bridgehead atoms. The second-order valence-electron chi connectivity index (χ2n) is 11.2. The Morgan fingerprint density at radius 3 is 2.62 bits per heavy atom. The number of nitrogens with one attached hydrogen (secondary N) is 1. The van der Waals surface area contributed by atoms with E-state index in [0.29, 0.717) is 34.8 Å². The van der Waals surface area contributed by atoms with Gasteiger partial charge in [0.1, 0.15) is 17.2 Å². The molecule has 12 heteroatoms. The lowest BCUT2D eigenvalue weighted by atomic mass is 9.98. The molecule has 2 amide bonds. The Labute approximate surface area is 261 Å². The number of fused-ring (bicyclic) bond motifs is 2. The van der Waals surface area contributed by atoms with E-state index >= 15 is 4.39 Å². The molecule has 1 fully saturated rings. The first-order valence-corrected chi connectivity index (χ1v) is 15.4. The molecule has 0 spiro atoms. The zero-order valence-corrected chi connectivity index (χ0v) is 25.4. The summed E-state index contributed by atoms with van der Waals surface area (Å²) in [6, 6.07) is 15.5. The Morgan fingerprint density at radius 1 is 1.07 bits per heavy atom. The molecular formula is C33H29FN8O2S. The number of carbonyl (C=O) groups is 2. The summed E-state index contributed by atoms with van der Waals surface area (Å²) in [4.78, 5) is 37.9. The summed E-state index contributed by atoms with van der Waals surface area (Å²) in [5.74, 6) is -1.13. The van der Waals surface area contributed by atoms with Gasteiger partial charge in [-0.2, -0.15) is 4.68 Å². The predicted octanol–water partition coefficient (Wildman–Crippen LogP) is 5.35. The summed E-state index contributed by atoms with van der Waals surface area (Å²) in [5, 5.41) is 12.4. The van der Waals surface area contributed by atoms with E-state index in [1.165, 1.54) is 16.8 Å². The van der Waals surface area contributed by atoms with Gasteiger partial charge < -0.3 is 11.1 Å². The summed E-state index contributed by atoms with van der Waals surface area (Å²) in [7, 11) is 0. The number of aromatic nitrogens is 5. The molecule has 0 aliphatic carbocycles. The van der Waals surface area contributed by atoms with E-state index in [1.807, 2.05) is 38.1 Å². The highest BCUT2D eigenvalue weighted by Gasteiger charge is 2.32. The van der Waals surface area contributed by atoms with Gasteiger partial charge in [0.2, 0.25) is 5.91 Å². The molecule has 5 heterocycles. The standard InChI is InChI=1S/C33H29FN8O2S/c1-18-13-20(14-19(2)29(18)30(35)43)28-16-24-27(45-28)9-12-38-31(24)41(22-5-3-10-36-17-22)33(44)23-8-7-21(15-25(23)34)42-32-26(39-40-42)6-4-11-37-32/h4,6-9,11-16,22,36H,3,5,10,17H2,1-2H3,(H2,35,43)/t22-/m1/s1. The van der Waals surface area contributed by atoms with Crippen molar-refractivity contribution in [3.8, 4) is 16.1 Å². The third kappa shape index (κ3) is 5.11. The van der Waals surface area contributed by atoms with Crippen LogP contribution in [0.4, 0.5) is 10.2 Å². The molecule has 1 saturated heterocycles. The molecule has 4 aromatic heterocycles. The highest BCUT2D eigenvalue weighted by atomic mass is 32.1. The van der Waals surface area contributed by atoms with Crippen molar-refractivity contribution >= 4 is 50.2 Å². The minimum Gasteiger partial charge on any atom is -0.366 e. The maximum absolute atomic E-state index is 15.8. The summed E-state index contributed by atoms with van der Waals surface area (Å²) < 4.78 is 18.2. The highest BCUT2D eigenvalue weighted by molar-refractivity contribution is 7.22. The van der Waals surface area contributed by atoms with E-state index in [1.54, 1.807) is 46.8 Å². The molecule has 0 unspecified atom stereocenters. The summed E-state index contributed by atoms with van der Waals surface area (Å²) in [6.07, 6.45) is 4.92. The van der Waals surface area contributed by atoms with Gasteiger partial charge in [-0.15, -0.1) is 16.4 Å². The van der Waals surface area contributed by atoms with Crippen molar-refractivity contribution in [1.29, 1.82) is 0 Å². The lowest BCUT2D eigenvalue weighted by Gasteiger charge is -2.34. The fraction of sp³-hybridized carbons (Fsp3) is 0.212. The van der Waals surface area contributed by atoms with Crippen molar-refractivity contribution in [2.24, 2.45) is 5.73 Å². The van der Waals surface area contributed by atoms with Crippen LogP contribution >= 0.6 is 11.3 Å². The number of nitrogens with two attached hydrogens (primary N) is 1. The van der Waals surface area contributed by atoms with Crippen LogP contribution in [0.5, 0.6) is 0 Å². The lowest BCUT2D eigenvalue weighted by Crippen LogP contribution is -2.49. The molecule has 1 aliphatic rings. The molecule has 1 aliphatic heterocycles. The number of piperidine rings is 1. The Bertz CT molecular complexity index is 2090. The minimum absolute atomic E-state index is 0.0655. The maximum atomic E-state index is 15.8. The number of hydrogen-bond acceptors (Lipinski definition) is 8. The number of aryl methyl sites for hydroxylation is 2. The molecular weight excluding hydrogens is 591 g/mol. The highest BCUT2D eigenvalue weighted by Crippen LogP contribution is 2.39. The summed E-state index contributed by atoms with van der Waals surface area (Å²) >= 11 is 1.57. The van der Waals surface area contributed by atoms with Gasteiger partial charge in [-0.25, -0.2) is 14.4 Å². The first-order chi connectivity index (χ1) is 21.8. The number of amides is 2. The van der Waals surface area contributed by atoms with Gasteiger partial charge >= 0.3 is 0 Å². The van der Waals surface area contributed by atoms with Gasteiger partial charge in [0.25, 0.3) is 5.91 Å². The van der Waals surface area contributed by atoms with Crippen LogP contribution in [0.25, 0.3) is 37.4 Å². The van der Waals surface area contributed by atoms with Gasteiger partial charge in [-0.3, -0.25) is 14.5 Å². The smallest absolute Gasteiger partial charge is 0.262 e. The maximum Gasteiger partial charge on any atom is 0.262 e. The SMILES string of the molecule is Cc1cc(-c2cc3c(N(C(=O)c4ccc(-n5nnc6cccnc65)cc4F)[C@@H]4CCCNC4)nccc3s2)cc(C)c1C(N)=O. The second-order valence-corrected chi connectivity index (χ2v) is 12.3. The molecule has 0 radical (unpaired) electrons. The van der Waals surface area contributed by atoms with Crippen molar-refractivity contribution in [3.63, 3.8) is 0 Å². The van der Waals surface area contributed by atoms with Crippen LogP contribution in [-0.4, -0.2) is 55.9 Å². The van der Waals surface area contributed by atoms with Crippen LogP contribution in [0.3, 0.4) is 0 Å². The number of hydrogen-bond donors (Lipinski definition) is 2. The zero-order chi connectivity index (χ0) is 31.2. The van der Waals surface area contributed by atoms with Crippen molar-refractivity contribution in [1.82, 2.24) is 30.3 Å². The van der Waals surface area contributed by atoms with Crippen LogP contribution < -0.4 is 16.0 Å². The van der Waals surface area contributed by atoms with Crippen molar-refractivity contribution in [2.45, 2.75) is 32.7 Å². The number of halogens is 1. The monoisotopic (exact) mass is 620 g/mol. The second kappa shape index (κ2) is 11.5. The van der Waals surface area contributed by atoms with E-state index in [9.17, 15) is 9.59 Å². The topological polar surface area (TPSA) is 132 Å². The molecule has 45 heavy (non-hydrogen) atoms. The van der Waals surface area contributed by atoms with E-state index in [0.717, 1.165) is 51.0 Å². The van der Waals surface area contributed by atoms with E-state index in [4.69, 9.17) is 10.7 Å². The Balaban J connectivity index is 1.30. The van der Waals surface area contributed by atoms with Gasteiger partial charge in [0.05, 0.1) is 17.3 Å². The van der Waals surface area contributed by atoms with Gasteiger partial charge in [0.15, 0.2) is 5.65 Å². The van der Waals surface area contributed by atoms with Crippen LogP contribution in [0.15, 0.2) is 67.0 Å². The fourth-order valence-corrected chi connectivity index (χ4v) is 7.18. The molecule has 7 rings (SSSR count). The zero-order valence-electron chi connectivity index (χ0n) is 24.6. The Morgan fingerprint density at radius 2 is 1.89 bits per heavy atom. The third-order valence-electron chi connectivity index (χ3n) is 8.21. The summed E-state index contributed by atoms with van der Waals surface area (Å²) in [5.41, 5.74) is 10.1. The number of benzene rings is 2. The molecule has 2 aromatic carbocycles. The largest absolute Gasteiger partial charge is 0.366 e. The average Bonchev–Trinajstić information content (AvgIpc) is 3.66. The first kappa shape index (κ1) is 28.7. The molecule has 1 atom stereocenters. The van der Waals surface area contributed by atoms with Crippen molar-refractivity contribution in [3.05, 3.63) is 95.1 Å². The van der Waals surface area contributed by atoms with E-state index in [-0.39, 0.29) is 11.6 Å². The molecule has 3 N–H and O–H groups in total. The number of anilines is 1. The number of primary amides is 1. The van der Waals surface area contributed by atoms with Crippen LogP contribution in [-0.2, 0) is 0 Å². The normalized spacial score (nSPS) is 15.0. The number of rotatable bonds is 6.